The average molecular weight is 738 g/mol. The van der Waals surface area contributed by atoms with E-state index in [2.05, 4.69) is 94.4 Å². The number of aromatic nitrogens is 2. The number of carboxylic acids is 1. The third-order valence-electron chi connectivity index (χ3n) is 13.6. The van der Waals surface area contributed by atoms with E-state index in [9.17, 15) is 14.7 Å². The predicted molar refractivity (Wildman–Crippen MR) is 223 cm³/mol. The number of hydrogen-bond donors (Lipinski definition) is 2. The van der Waals surface area contributed by atoms with Crippen molar-refractivity contribution in [3.05, 3.63) is 59.6 Å². The summed E-state index contributed by atoms with van der Waals surface area (Å²) in [5.41, 5.74) is 4.92. The van der Waals surface area contributed by atoms with Gasteiger partial charge in [-0.25, -0.2) is 4.79 Å². The molecule has 1 aromatic carbocycles. The van der Waals surface area contributed by atoms with Crippen LogP contribution in [0.3, 0.4) is 0 Å². The van der Waals surface area contributed by atoms with E-state index in [4.69, 9.17) is 0 Å². The van der Waals surface area contributed by atoms with Gasteiger partial charge in [-0.15, -0.1) is 55.3 Å². The Morgan fingerprint density at radius 1 is 0.868 bits per heavy atom. The topological polar surface area (TPSA) is 92.2 Å². The van der Waals surface area contributed by atoms with E-state index >= 15 is 0 Å². The van der Waals surface area contributed by atoms with E-state index in [1.54, 1.807) is 23.7 Å². The van der Waals surface area contributed by atoms with Gasteiger partial charge in [-0.1, -0.05) is 83.6 Å². The summed E-state index contributed by atoms with van der Waals surface area (Å²) in [4.78, 5) is 25.3. The van der Waals surface area contributed by atoms with Gasteiger partial charge in [-0.05, 0) is 134 Å². The average Bonchev–Trinajstić information content (AvgIpc) is 3.86. The van der Waals surface area contributed by atoms with Gasteiger partial charge in [0.15, 0.2) is 0 Å². The number of amides is 1. The smallest absolute Gasteiger partial charge is 0.335 e. The lowest BCUT2D eigenvalue weighted by Crippen LogP contribution is -2.61. The van der Waals surface area contributed by atoms with Crippen LogP contribution >= 0.6 is 11.3 Å². The molecule has 2 aromatic rings. The number of carboxylic acid groups (broad SMARTS) is 1. The molecule has 0 radical (unpaired) electrons. The standard InChI is InChI=1S/C35H45N3O3S.C3H6.C2H6.3C2H2/c1-32(2)24(21-7-9-22(10-8-21)29(39)40)13-17-34(4)27(32)15-18-33(3)25-14-19-35(30(41)37-31-38-36-20-42-31)16-5-6-26(35)23(25)11-12-28(33)34;1-3-2;4*1-2/h7-10,13,20,23,25-28H,5-6,11-12,14-19H2,1-4H3,(H,39,40)(H,37,38,41);3H,1H2,2H3;1-2H3;3*1-2H/t23-,25?,26?,27?,28?,33-,34-,35-;;;;;/m0...../s1. The van der Waals surface area contributed by atoms with E-state index in [1.807, 2.05) is 32.9 Å². The molecule has 0 bridgehead atoms. The summed E-state index contributed by atoms with van der Waals surface area (Å²) in [6, 6.07) is 7.52. The number of hydrogen-bond acceptors (Lipinski definition) is 5. The zero-order chi connectivity index (χ0) is 40.2. The number of carbonyl (C=O) groups excluding carboxylic acids is 1. The van der Waals surface area contributed by atoms with E-state index in [0.717, 1.165) is 25.7 Å². The Morgan fingerprint density at radius 2 is 1.49 bits per heavy atom. The van der Waals surface area contributed by atoms with Crippen LogP contribution in [-0.4, -0.2) is 27.2 Å². The SMILES string of the molecule is C#C.C#C.C#C.C=CC.CC.CC1(C)C(c2ccc(C(=O)O)cc2)=CC[C@@]2(C)C1CC[C@@]1(C)C3CC[C@@]4(C(=O)Nc5nncs5)CCCC4[C@H]3CCC12. The molecule has 1 heterocycles. The molecule has 7 rings (SSSR count). The fraction of sp³-hybridized carbons (Fsp3) is 0.565. The minimum Gasteiger partial charge on any atom is -0.478 e. The molecule has 8 atom stereocenters. The minimum absolute atomic E-state index is 0.0197. The van der Waals surface area contributed by atoms with Crippen LogP contribution in [0, 0.1) is 89.8 Å². The maximum absolute atomic E-state index is 13.8. The summed E-state index contributed by atoms with van der Waals surface area (Å²) < 4.78 is 0. The van der Waals surface area contributed by atoms with Crippen LogP contribution in [0.5, 0.6) is 0 Å². The van der Waals surface area contributed by atoms with Crippen molar-refractivity contribution in [2.75, 3.05) is 5.32 Å². The number of aromatic carboxylic acids is 1. The highest BCUT2D eigenvalue weighted by Gasteiger charge is 2.66. The summed E-state index contributed by atoms with van der Waals surface area (Å²) in [6.07, 6.45) is 39.9. The summed E-state index contributed by atoms with van der Waals surface area (Å²) in [5.74, 6) is 2.41. The van der Waals surface area contributed by atoms with Gasteiger partial charge >= 0.3 is 5.97 Å². The van der Waals surface area contributed by atoms with Crippen molar-refractivity contribution in [2.24, 2.45) is 51.2 Å². The van der Waals surface area contributed by atoms with Crippen LogP contribution in [0.1, 0.15) is 129 Å². The zero-order valence-corrected chi connectivity index (χ0v) is 34.1. The Kier molecular flexibility index (Phi) is 16.4. The van der Waals surface area contributed by atoms with Gasteiger partial charge in [0.05, 0.1) is 11.0 Å². The molecule has 4 fully saturated rings. The van der Waals surface area contributed by atoms with Crippen molar-refractivity contribution in [3.63, 3.8) is 0 Å². The first-order chi connectivity index (χ1) is 25.4. The molecule has 0 aliphatic heterocycles. The van der Waals surface area contributed by atoms with Crippen LogP contribution in [-0.2, 0) is 4.79 Å². The van der Waals surface area contributed by atoms with Crippen LogP contribution < -0.4 is 5.32 Å². The summed E-state index contributed by atoms with van der Waals surface area (Å²) in [6.45, 7) is 19.4. The fourth-order valence-electron chi connectivity index (χ4n) is 11.9. The number of terminal acetylenes is 3. The first-order valence-corrected chi connectivity index (χ1v) is 20.0. The van der Waals surface area contributed by atoms with E-state index in [1.165, 1.54) is 61.0 Å². The lowest BCUT2D eigenvalue weighted by molar-refractivity contribution is -0.180. The number of nitrogens with one attached hydrogen (secondary N) is 1. The number of fused-ring (bicyclic) bond motifs is 7. The lowest BCUT2D eigenvalue weighted by Gasteiger charge is -2.68. The minimum atomic E-state index is -0.872. The van der Waals surface area contributed by atoms with Crippen molar-refractivity contribution < 1.29 is 14.7 Å². The maximum atomic E-state index is 13.8. The molecule has 0 spiro atoms. The quantitative estimate of drug-likeness (QED) is 0.241. The lowest BCUT2D eigenvalue weighted by atomic mass is 9.36. The normalized spacial score (nSPS) is 32.2. The largest absolute Gasteiger partial charge is 0.478 e. The van der Waals surface area contributed by atoms with Gasteiger partial charge < -0.3 is 10.4 Å². The van der Waals surface area contributed by atoms with Crippen LogP contribution in [0.25, 0.3) is 5.57 Å². The molecule has 53 heavy (non-hydrogen) atoms. The van der Waals surface area contributed by atoms with Crippen molar-refractivity contribution >= 4 is 33.9 Å². The van der Waals surface area contributed by atoms with E-state index in [-0.39, 0.29) is 22.2 Å². The molecule has 5 aliphatic rings. The van der Waals surface area contributed by atoms with Crippen LogP contribution in [0.15, 0.2) is 48.5 Å². The predicted octanol–water partition coefficient (Wildman–Crippen LogP) is 11.3. The maximum Gasteiger partial charge on any atom is 0.335 e. The van der Waals surface area contributed by atoms with Crippen molar-refractivity contribution in [1.29, 1.82) is 0 Å². The van der Waals surface area contributed by atoms with Crippen molar-refractivity contribution in [3.8, 4) is 38.5 Å². The molecule has 0 saturated heterocycles. The summed E-state index contributed by atoms with van der Waals surface area (Å²) in [5, 5.41) is 21.2. The Balaban J connectivity index is 0.000000807. The highest BCUT2D eigenvalue weighted by molar-refractivity contribution is 7.13. The molecular formula is C46H63N3O3S. The van der Waals surface area contributed by atoms with E-state index < -0.39 is 5.97 Å². The molecule has 6 nitrogen and oxygen atoms in total. The molecule has 1 aromatic heterocycles. The van der Waals surface area contributed by atoms with Crippen molar-refractivity contribution in [2.45, 2.75) is 113 Å². The summed E-state index contributed by atoms with van der Waals surface area (Å²) >= 11 is 1.41. The number of nitrogens with zero attached hydrogens (tertiary/aromatic N) is 2. The van der Waals surface area contributed by atoms with E-state index in [0.29, 0.717) is 45.7 Å². The first kappa shape index (κ1) is 45.0. The Bertz CT molecular complexity index is 1590. The summed E-state index contributed by atoms with van der Waals surface area (Å²) in [7, 11) is 0. The van der Waals surface area contributed by atoms with Gasteiger partial charge in [0.2, 0.25) is 11.0 Å². The zero-order valence-electron chi connectivity index (χ0n) is 33.2. The highest BCUT2D eigenvalue weighted by atomic mass is 32.1. The number of anilines is 1. The Morgan fingerprint density at radius 3 is 2.06 bits per heavy atom. The number of benzene rings is 1. The van der Waals surface area contributed by atoms with Gasteiger partial charge in [-0.2, -0.15) is 0 Å². The first-order valence-electron chi connectivity index (χ1n) is 19.1. The third-order valence-corrected chi connectivity index (χ3v) is 14.2. The Hall–Kier alpha value is -4.12. The second kappa shape index (κ2) is 19.3. The Labute approximate surface area is 325 Å². The molecule has 7 heteroatoms. The second-order valence-corrected chi connectivity index (χ2v) is 16.6. The molecule has 4 saturated carbocycles. The van der Waals surface area contributed by atoms with Crippen LogP contribution in [0.4, 0.5) is 5.13 Å². The molecule has 5 aliphatic carbocycles. The second-order valence-electron chi connectivity index (χ2n) is 15.7. The van der Waals surface area contributed by atoms with Crippen LogP contribution in [0.2, 0.25) is 0 Å². The van der Waals surface area contributed by atoms with Gasteiger partial charge in [0.1, 0.15) is 5.51 Å². The van der Waals surface area contributed by atoms with Gasteiger partial charge in [0, 0.05) is 0 Å². The highest BCUT2D eigenvalue weighted by Crippen LogP contribution is 2.73. The molecule has 1 amide bonds. The monoisotopic (exact) mass is 737 g/mol. The number of carbonyl (C=O) groups is 2. The third kappa shape index (κ3) is 8.20. The van der Waals surface area contributed by atoms with Crippen molar-refractivity contribution in [1.82, 2.24) is 10.2 Å². The fourth-order valence-corrected chi connectivity index (χ4v) is 12.4. The number of allylic oxidation sites excluding steroid dienone is 3. The van der Waals surface area contributed by atoms with Gasteiger partial charge in [-0.3, -0.25) is 4.79 Å². The number of rotatable bonds is 4. The molecule has 2 N–H and O–H groups in total. The molecular weight excluding hydrogens is 675 g/mol. The molecule has 286 valence electrons. The molecule has 4 unspecified atom stereocenters. The van der Waals surface area contributed by atoms with Gasteiger partial charge in [0.25, 0.3) is 0 Å².